The fourth-order valence-electron chi connectivity index (χ4n) is 0.505. The predicted octanol–water partition coefficient (Wildman–Crippen LogP) is 1.34. The van der Waals surface area contributed by atoms with E-state index in [0.29, 0.717) is 0 Å². The minimum Gasteiger partial charge on any atom is -0.490 e. The Morgan fingerprint density at radius 1 is 1.55 bits per heavy atom. The number of aliphatic carboxylic acids is 1. The molecular weight excluding hydrogens is 144 g/mol. The predicted molar refractivity (Wildman–Crippen MR) is 42.0 cm³/mol. The number of carboxylic acid groups (broad SMARTS) is 1. The number of carbonyl (C=O) groups is 1. The van der Waals surface area contributed by atoms with Gasteiger partial charge in [0.25, 0.3) is 0 Å². The van der Waals surface area contributed by atoms with E-state index in [1.165, 1.54) is 6.08 Å². The third-order valence-electron chi connectivity index (χ3n) is 1.08. The number of hydrogen-bond acceptors (Lipinski definition) is 2. The molecule has 3 nitrogen and oxygen atoms in total. The Morgan fingerprint density at radius 3 is 2.36 bits per heavy atom. The van der Waals surface area contributed by atoms with E-state index < -0.39 is 12.1 Å². The molecule has 1 atom stereocenters. The molecule has 0 aromatic carbocycles. The zero-order valence-electron chi connectivity index (χ0n) is 6.12. The maximum Gasteiger partial charge on any atom is 0.335 e. The van der Waals surface area contributed by atoms with Gasteiger partial charge in [0.15, 0.2) is 0 Å². The molecule has 0 aromatic rings. The Kier molecular flexibility index (Phi) is 3.73. The lowest BCUT2D eigenvalue weighted by Gasteiger charge is -2.10. The molecule has 3 heteroatoms. The summed E-state index contributed by atoms with van der Waals surface area (Å²) in [6.45, 7) is 9.97. The van der Waals surface area contributed by atoms with E-state index >= 15 is 0 Å². The van der Waals surface area contributed by atoms with Gasteiger partial charge in [-0.3, -0.25) is 0 Å². The van der Waals surface area contributed by atoms with Gasteiger partial charge in [0.1, 0.15) is 6.10 Å². The van der Waals surface area contributed by atoms with Crippen LogP contribution in [0.3, 0.4) is 0 Å². The molecule has 0 saturated heterocycles. The van der Waals surface area contributed by atoms with Crippen molar-refractivity contribution in [2.75, 3.05) is 0 Å². The number of carboxylic acids is 1. The summed E-state index contributed by atoms with van der Waals surface area (Å²) in [5.41, 5.74) is -0.0556. The van der Waals surface area contributed by atoms with Crippen molar-refractivity contribution >= 4 is 5.97 Å². The Morgan fingerprint density at radius 2 is 2.09 bits per heavy atom. The molecule has 0 aliphatic heterocycles. The molecule has 0 aliphatic carbocycles. The smallest absolute Gasteiger partial charge is 0.335 e. The molecule has 60 valence electrons. The third-order valence-corrected chi connectivity index (χ3v) is 1.08. The maximum absolute atomic E-state index is 10.3. The average Bonchev–Trinajstić information content (AvgIpc) is 1.98. The van der Waals surface area contributed by atoms with E-state index in [0.717, 1.165) is 6.26 Å². The molecule has 0 rings (SSSR count). The van der Waals surface area contributed by atoms with Crippen molar-refractivity contribution in [1.29, 1.82) is 0 Å². The highest BCUT2D eigenvalue weighted by atomic mass is 16.5. The molecule has 0 aliphatic rings. The number of rotatable bonds is 5. The molecule has 0 heterocycles. The van der Waals surface area contributed by atoms with Gasteiger partial charge < -0.3 is 9.84 Å². The minimum absolute atomic E-state index is 0.0556. The monoisotopic (exact) mass is 154 g/mol. The molecule has 1 N–H and O–H groups in total. The summed E-state index contributed by atoms with van der Waals surface area (Å²) in [4.78, 5) is 10.3. The molecule has 0 saturated carbocycles. The van der Waals surface area contributed by atoms with Crippen LogP contribution < -0.4 is 0 Å². The van der Waals surface area contributed by atoms with E-state index in [1.54, 1.807) is 0 Å². The second-order valence-corrected chi connectivity index (χ2v) is 1.79. The third kappa shape index (κ3) is 2.71. The van der Waals surface area contributed by atoms with Crippen LogP contribution in [0.4, 0.5) is 0 Å². The van der Waals surface area contributed by atoms with Crippen molar-refractivity contribution < 1.29 is 14.6 Å². The van der Waals surface area contributed by atoms with Gasteiger partial charge in [0.2, 0.25) is 0 Å². The van der Waals surface area contributed by atoms with Crippen molar-refractivity contribution in [3.63, 3.8) is 0 Å². The highest BCUT2D eigenvalue weighted by Gasteiger charge is 2.14. The summed E-state index contributed by atoms with van der Waals surface area (Å²) >= 11 is 0. The van der Waals surface area contributed by atoms with E-state index in [1.807, 2.05) is 0 Å². The second-order valence-electron chi connectivity index (χ2n) is 1.79. The first-order valence-electron chi connectivity index (χ1n) is 2.94. The average molecular weight is 154 g/mol. The van der Waals surface area contributed by atoms with Crippen LogP contribution in [0.1, 0.15) is 0 Å². The minimum atomic E-state index is -1.10. The van der Waals surface area contributed by atoms with Crippen LogP contribution in [-0.4, -0.2) is 17.2 Å². The summed E-state index contributed by atoms with van der Waals surface area (Å²) in [5.74, 6) is -1.10. The zero-order valence-corrected chi connectivity index (χ0v) is 6.12. The van der Waals surface area contributed by atoms with Crippen molar-refractivity contribution in [2.45, 2.75) is 6.10 Å². The highest BCUT2D eigenvalue weighted by molar-refractivity contribution is 5.87. The lowest BCUT2D eigenvalue weighted by atomic mass is 10.2. The number of ether oxygens (including phenoxy) is 1. The van der Waals surface area contributed by atoms with Crippen LogP contribution in [-0.2, 0) is 9.53 Å². The fraction of sp³-hybridized carbons (Fsp3) is 0.125. The van der Waals surface area contributed by atoms with Crippen LogP contribution in [0, 0.1) is 0 Å². The Hall–Kier alpha value is -1.51. The van der Waals surface area contributed by atoms with Crippen LogP contribution >= 0.6 is 0 Å². The maximum atomic E-state index is 10.3. The van der Waals surface area contributed by atoms with Gasteiger partial charge in [0, 0.05) is 0 Å². The largest absolute Gasteiger partial charge is 0.490 e. The number of hydrogen-bond donors (Lipinski definition) is 1. The van der Waals surface area contributed by atoms with E-state index in [2.05, 4.69) is 19.7 Å². The first-order chi connectivity index (χ1) is 5.13. The SMILES string of the molecule is C=COC(C=C)C(=C)C(=O)O. The normalized spacial score (nSPS) is 11.3. The zero-order chi connectivity index (χ0) is 8.85. The topological polar surface area (TPSA) is 46.5 Å². The van der Waals surface area contributed by atoms with Gasteiger partial charge in [-0.25, -0.2) is 4.79 Å². The van der Waals surface area contributed by atoms with Gasteiger partial charge in [-0.15, -0.1) is 0 Å². The van der Waals surface area contributed by atoms with Crippen molar-refractivity contribution in [1.82, 2.24) is 0 Å². The van der Waals surface area contributed by atoms with E-state index in [9.17, 15) is 4.79 Å². The lowest BCUT2D eigenvalue weighted by molar-refractivity contribution is -0.133. The molecule has 0 radical (unpaired) electrons. The lowest BCUT2D eigenvalue weighted by Crippen LogP contribution is -2.15. The Labute approximate surface area is 65.3 Å². The molecule has 0 amide bonds. The van der Waals surface area contributed by atoms with Crippen molar-refractivity contribution in [2.24, 2.45) is 0 Å². The second kappa shape index (κ2) is 4.33. The molecule has 0 bridgehead atoms. The van der Waals surface area contributed by atoms with Crippen molar-refractivity contribution in [3.8, 4) is 0 Å². The summed E-state index contributed by atoms with van der Waals surface area (Å²) in [6.07, 6.45) is 1.81. The fourth-order valence-corrected chi connectivity index (χ4v) is 0.505. The van der Waals surface area contributed by atoms with Crippen LogP contribution in [0.2, 0.25) is 0 Å². The van der Waals surface area contributed by atoms with Crippen LogP contribution in [0.5, 0.6) is 0 Å². The van der Waals surface area contributed by atoms with Gasteiger partial charge in [-0.2, -0.15) is 0 Å². The van der Waals surface area contributed by atoms with Gasteiger partial charge >= 0.3 is 5.97 Å². The molecule has 0 spiro atoms. The standard InChI is InChI=1S/C8H10O3/c1-4-7(11-5-2)6(3)8(9)10/h4-5,7H,1-3H2,(H,9,10). The van der Waals surface area contributed by atoms with Crippen molar-refractivity contribution in [3.05, 3.63) is 37.6 Å². The summed E-state index contributed by atoms with van der Waals surface area (Å²) < 4.78 is 4.78. The van der Waals surface area contributed by atoms with Crippen LogP contribution in [0.25, 0.3) is 0 Å². The Balaban J connectivity index is 4.24. The summed E-state index contributed by atoms with van der Waals surface area (Å²) in [5, 5.41) is 8.45. The molecule has 1 unspecified atom stereocenters. The first kappa shape index (κ1) is 9.49. The molecular formula is C8H10O3. The quantitative estimate of drug-likeness (QED) is 0.369. The summed E-state index contributed by atoms with van der Waals surface area (Å²) in [7, 11) is 0. The molecule has 0 fully saturated rings. The molecule has 11 heavy (non-hydrogen) atoms. The first-order valence-corrected chi connectivity index (χ1v) is 2.94. The van der Waals surface area contributed by atoms with Gasteiger partial charge in [-0.1, -0.05) is 19.7 Å². The Bertz CT molecular complexity index is 194. The summed E-state index contributed by atoms with van der Waals surface area (Å²) in [6, 6.07) is 0. The van der Waals surface area contributed by atoms with E-state index in [4.69, 9.17) is 9.84 Å². The van der Waals surface area contributed by atoms with Crippen LogP contribution in [0.15, 0.2) is 37.6 Å². The van der Waals surface area contributed by atoms with Gasteiger partial charge in [0.05, 0.1) is 11.8 Å². The highest BCUT2D eigenvalue weighted by Crippen LogP contribution is 2.05. The molecule has 0 aromatic heterocycles. The van der Waals surface area contributed by atoms with Gasteiger partial charge in [-0.05, 0) is 6.08 Å². The van der Waals surface area contributed by atoms with E-state index in [-0.39, 0.29) is 5.57 Å².